The molecule has 8 nitrogen and oxygen atoms in total. The number of nitrogen functional groups attached to an aromatic ring is 1. The Morgan fingerprint density at radius 1 is 1.13 bits per heavy atom. The highest BCUT2D eigenvalue weighted by atomic mass is 16.7. The van der Waals surface area contributed by atoms with Gasteiger partial charge in [0.1, 0.15) is 6.61 Å². The fourth-order valence-electron chi connectivity index (χ4n) is 2.78. The molecule has 0 aliphatic carbocycles. The van der Waals surface area contributed by atoms with Gasteiger partial charge in [0.05, 0.1) is 11.2 Å². The molecular weight excluding hydrogens is 383 g/mol. The van der Waals surface area contributed by atoms with Crippen LogP contribution in [-0.4, -0.2) is 40.9 Å². The zero-order valence-corrected chi connectivity index (χ0v) is 17.7. The van der Waals surface area contributed by atoms with Crippen LogP contribution in [0.15, 0.2) is 48.2 Å². The number of aromatic nitrogens is 2. The van der Waals surface area contributed by atoms with Crippen LogP contribution in [0, 0.1) is 0 Å². The molecule has 0 radical (unpaired) electrons. The van der Waals surface area contributed by atoms with E-state index in [4.69, 9.17) is 19.8 Å². The molecule has 0 spiro atoms. The molecule has 1 aromatic heterocycles. The minimum absolute atomic E-state index is 0.175. The highest BCUT2D eigenvalue weighted by Crippen LogP contribution is 2.38. The van der Waals surface area contributed by atoms with E-state index < -0.39 is 24.4 Å². The summed E-state index contributed by atoms with van der Waals surface area (Å²) in [5.41, 5.74) is 6.87. The largest absolute Gasteiger partial charge is 0.492 e. The maximum atomic E-state index is 12.2. The second kappa shape index (κ2) is 8.85. The van der Waals surface area contributed by atoms with Gasteiger partial charge in [0.25, 0.3) is 0 Å². The van der Waals surface area contributed by atoms with Gasteiger partial charge in [-0.1, -0.05) is 36.4 Å². The molecule has 2 heterocycles. The number of hydrogen-bond donors (Lipinski definition) is 2. The Bertz CT molecular complexity index is 885. The summed E-state index contributed by atoms with van der Waals surface area (Å²) in [4.78, 5) is 20.2. The third-order valence-corrected chi connectivity index (χ3v) is 5.25. The highest BCUT2D eigenvalue weighted by Gasteiger charge is 2.52. The number of hydrogen-bond acceptors (Lipinski definition) is 7. The molecule has 0 atom stereocenters. The molecule has 2 aromatic rings. The predicted octanol–water partition coefficient (Wildman–Crippen LogP) is 3.00. The quantitative estimate of drug-likeness (QED) is 0.705. The zero-order valence-electron chi connectivity index (χ0n) is 17.7. The van der Waals surface area contributed by atoms with Gasteiger partial charge in [0.15, 0.2) is 0 Å². The summed E-state index contributed by atoms with van der Waals surface area (Å²) >= 11 is 0. The van der Waals surface area contributed by atoms with Crippen LogP contribution in [0.3, 0.4) is 0 Å². The molecular formula is C21H27BN4O4. The van der Waals surface area contributed by atoms with Crippen molar-refractivity contribution in [3.63, 3.8) is 0 Å². The van der Waals surface area contributed by atoms with Crippen molar-refractivity contribution in [2.75, 3.05) is 12.3 Å². The Morgan fingerprint density at radius 2 is 1.73 bits per heavy atom. The second-order valence-electron chi connectivity index (χ2n) is 8.10. The standard InChI is InChI=1S/C21H27BN4O4/c1-20(2)21(3,4)30-22(29-20)17(10-16-11-24-18(23)25-12-16)13-26-19(27)28-14-15-8-6-5-7-9-15/h5-12H,13-14H2,1-4H3,(H,26,27)(H2,23,24,25). The van der Waals surface area contributed by atoms with Gasteiger partial charge in [-0.25, -0.2) is 14.8 Å². The molecule has 9 heteroatoms. The van der Waals surface area contributed by atoms with Gasteiger partial charge in [-0.2, -0.15) is 0 Å². The lowest BCUT2D eigenvalue weighted by Crippen LogP contribution is -2.41. The van der Waals surface area contributed by atoms with E-state index in [0.29, 0.717) is 11.0 Å². The van der Waals surface area contributed by atoms with Crippen molar-refractivity contribution in [1.82, 2.24) is 15.3 Å². The van der Waals surface area contributed by atoms with Crippen LogP contribution in [-0.2, 0) is 20.7 Å². The molecule has 158 valence electrons. The van der Waals surface area contributed by atoms with Crippen molar-refractivity contribution >= 4 is 25.2 Å². The van der Waals surface area contributed by atoms with Crippen LogP contribution >= 0.6 is 0 Å². The first-order valence-electron chi connectivity index (χ1n) is 9.74. The van der Waals surface area contributed by atoms with Crippen LogP contribution in [0.5, 0.6) is 0 Å². The lowest BCUT2D eigenvalue weighted by atomic mass is 9.77. The molecule has 30 heavy (non-hydrogen) atoms. The Hall–Kier alpha value is -2.91. The molecule has 0 saturated carbocycles. The lowest BCUT2D eigenvalue weighted by Gasteiger charge is -2.32. The van der Waals surface area contributed by atoms with E-state index in [-0.39, 0.29) is 19.1 Å². The maximum Gasteiger partial charge on any atom is 0.492 e. The monoisotopic (exact) mass is 410 g/mol. The summed E-state index contributed by atoms with van der Waals surface area (Å²) in [6.45, 7) is 8.25. The van der Waals surface area contributed by atoms with E-state index in [1.54, 1.807) is 12.4 Å². The van der Waals surface area contributed by atoms with Crippen molar-refractivity contribution in [3.05, 3.63) is 59.3 Å². The molecule has 3 N–H and O–H groups in total. The smallest absolute Gasteiger partial charge is 0.445 e. The number of ether oxygens (including phenoxy) is 1. The van der Waals surface area contributed by atoms with Crippen molar-refractivity contribution in [2.24, 2.45) is 0 Å². The lowest BCUT2D eigenvalue weighted by molar-refractivity contribution is 0.00578. The first-order valence-corrected chi connectivity index (χ1v) is 9.74. The Balaban J connectivity index is 1.70. The Labute approximate surface area is 177 Å². The Kier molecular flexibility index (Phi) is 6.43. The SMILES string of the molecule is CC1(C)OB(C(=Cc2cnc(N)nc2)CNC(=O)OCc2ccccc2)OC1(C)C. The molecule has 0 bridgehead atoms. The molecule has 1 aliphatic rings. The number of carbonyl (C=O) groups excluding carboxylic acids is 1. The van der Waals surface area contributed by atoms with Crippen molar-refractivity contribution in [1.29, 1.82) is 0 Å². The minimum Gasteiger partial charge on any atom is -0.445 e. The number of amides is 1. The second-order valence-corrected chi connectivity index (χ2v) is 8.10. The molecule has 3 rings (SSSR count). The van der Waals surface area contributed by atoms with Gasteiger partial charge in [-0.05, 0) is 38.7 Å². The van der Waals surface area contributed by atoms with Gasteiger partial charge < -0.3 is 25.1 Å². The van der Waals surface area contributed by atoms with Crippen LogP contribution in [0.1, 0.15) is 38.8 Å². The molecule has 0 unspecified atom stereocenters. The van der Waals surface area contributed by atoms with Gasteiger partial charge in [-0.15, -0.1) is 0 Å². The van der Waals surface area contributed by atoms with Crippen LogP contribution in [0.4, 0.5) is 10.7 Å². The van der Waals surface area contributed by atoms with Crippen LogP contribution in [0.25, 0.3) is 6.08 Å². The first-order chi connectivity index (χ1) is 14.2. The van der Waals surface area contributed by atoms with Crippen LogP contribution < -0.4 is 11.1 Å². The summed E-state index contributed by atoms with van der Waals surface area (Å²) in [5.74, 6) is 0.187. The molecule has 1 saturated heterocycles. The number of alkyl carbamates (subject to hydrolysis) is 1. The van der Waals surface area contributed by atoms with Gasteiger partial charge in [0, 0.05) is 24.5 Å². The van der Waals surface area contributed by atoms with E-state index in [0.717, 1.165) is 5.56 Å². The highest BCUT2D eigenvalue weighted by molar-refractivity contribution is 6.56. The summed E-state index contributed by atoms with van der Waals surface area (Å²) in [6, 6.07) is 9.48. The van der Waals surface area contributed by atoms with E-state index >= 15 is 0 Å². The van der Waals surface area contributed by atoms with E-state index in [2.05, 4.69) is 15.3 Å². The van der Waals surface area contributed by atoms with E-state index in [1.807, 2.05) is 64.1 Å². The molecule has 1 aliphatic heterocycles. The maximum absolute atomic E-state index is 12.2. The number of nitrogens with zero attached hydrogens (tertiary/aromatic N) is 2. The van der Waals surface area contributed by atoms with Gasteiger partial charge in [-0.3, -0.25) is 0 Å². The van der Waals surface area contributed by atoms with Crippen molar-refractivity contribution in [2.45, 2.75) is 45.5 Å². The number of anilines is 1. The van der Waals surface area contributed by atoms with Crippen molar-refractivity contribution < 1.29 is 18.8 Å². The number of benzene rings is 1. The van der Waals surface area contributed by atoms with E-state index in [9.17, 15) is 4.79 Å². The van der Waals surface area contributed by atoms with Gasteiger partial charge >= 0.3 is 13.2 Å². The zero-order chi connectivity index (χ0) is 21.8. The summed E-state index contributed by atoms with van der Waals surface area (Å²) in [7, 11) is -0.637. The molecule has 1 fully saturated rings. The summed E-state index contributed by atoms with van der Waals surface area (Å²) in [5, 5.41) is 2.76. The topological polar surface area (TPSA) is 109 Å². The third kappa shape index (κ3) is 5.37. The molecule has 1 amide bonds. The molecule has 1 aromatic carbocycles. The number of nitrogens with two attached hydrogens (primary N) is 1. The van der Waals surface area contributed by atoms with Gasteiger partial charge in [0.2, 0.25) is 5.95 Å². The Morgan fingerprint density at radius 3 is 2.33 bits per heavy atom. The van der Waals surface area contributed by atoms with E-state index in [1.165, 1.54) is 0 Å². The minimum atomic E-state index is -0.637. The fraction of sp³-hybridized carbons (Fsp3) is 0.381. The number of nitrogens with one attached hydrogen (secondary N) is 1. The average molecular weight is 410 g/mol. The fourth-order valence-corrected chi connectivity index (χ4v) is 2.78. The summed E-state index contributed by atoms with van der Waals surface area (Å²) < 4.78 is 17.6. The van der Waals surface area contributed by atoms with Crippen molar-refractivity contribution in [3.8, 4) is 0 Å². The third-order valence-electron chi connectivity index (χ3n) is 5.25. The van der Waals surface area contributed by atoms with Crippen LogP contribution in [0.2, 0.25) is 0 Å². The normalized spacial score (nSPS) is 17.6. The average Bonchev–Trinajstić information content (AvgIpc) is 2.93. The number of carbonyl (C=O) groups is 1. The number of rotatable bonds is 6. The first kappa shape index (κ1) is 21.8. The predicted molar refractivity (Wildman–Crippen MR) is 115 cm³/mol. The summed E-state index contributed by atoms with van der Waals surface area (Å²) in [6.07, 6.45) is 4.48.